The Balaban J connectivity index is 1.21. The van der Waals surface area contributed by atoms with Gasteiger partial charge in [-0.25, -0.2) is 9.18 Å². The molecule has 196 valence electrons. The van der Waals surface area contributed by atoms with Crippen molar-refractivity contribution in [3.8, 4) is 0 Å². The van der Waals surface area contributed by atoms with Gasteiger partial charge in [0.2, 0.25) is 5.91 Å². The first kappa shape index (κ1) is 25.0. The number of hydrogen-bond acceptors (Lipinski definition) is 6. The number of fused-ring (bicyclic) bond motifs is 1. The molecule has 1 heterocycles. The molecule has 2 amide bonds. The lowest BCUT2D eigenvalue weighted by molar-refractivity contribution is -0.308. The van der Waals surface area contributed by atoms with Crippen LogP contribution in [0.25, 0.3) is 0 Å². The minimum Gasteiger partial charge on any atom is -0.548 e. The lowest BCUT2D eigenvalue weighted by atomic mass is 9.51. The number of alkyl carbamates (subject to hydrolysis) is 1. The second-order valence-corrected chi connectivity index (χ2v) is 12.0. The molecule has 2 unspecified atom stereocenters. The number of benzene rings is 1. The van der Waals surface area contributed by atoms with Crippen molar-refractivity contribution < 1.29 is 28.6 Å². The lowest BCUT2D eigenvalue weighted by Gasteiger charge is -2.61. The summed E-state index contributed by atoms with van der Waals surface area (Å²) in [5.74, 6) is -0.754. The van der Waals surface area contributed by atoms with E-state index in [0.29, 0.717) is 31.3 Å². The van der Waals surface area contributed by atoms with Gasteiger partial charge < -0.3 is 30.2 Å². The zero-order valence-electron chi connectivity index (χ0n) is 21.0. The highest BCUT2D eigenvalue weighted by Crippen LogP contribution is 2.58. The van der Waals surface area contributed by atoms with Gasteiger partial charge in [0.05, 0.1) is 18.6 Å². The number of halogens is 1. The Morgan fingerprint density at radius 1 is 1.14 bits per heavy atom. The van der Waals surface area contributed by atoms with Crippen molar-refractivity contribution >= 4 is 18.0 Å². The summed E-state index contributed by atoms with van der Waals surface area (Å²) in [6.07, 6.45) is 4.67. The summed E-state index contributed by atoms with van der Waals surface area (Å²) in [6, 6.07) is 3.57. The van der Waals surface area contributed by atoms with E-state index >= 15 is 0 Å². The normalized spacial score (nSPS) is 30.8. The third-order valence-electron chi connectivity index (χ3n) is 8.46. The Bertz CT molecular complexity index is 1050. The van der Waals surface area contributed by atoms with Crippen molar-refractivity contribution in [2.24, 2.45) is 17.8 Å². The van der Waals surface area contributed by atoms with Crippen molar-refractivity contribution in [2.45, 2.75) is 89.1 Å². The van der Waals surface area contributed by atoms with E-state index < -0.39 is 23.7 Å². The zero-order valence-corrected chi connectivity index (χ0v) is 21.0. The maximum absolute atomic E-state index is 13.6. The largest absolute Gasteiger partial charge is 0.548 e. The maximum Gasteiger partial charge on any atom is 0.408 e. The van der Waals surface area contributed by atoms with Gasteiger partial charge in [0.25, 0.3) is 0 Å². The molecule has 8 nitrogen and oxygen atoms in total. The number of aliphatic carboxylic acids is 1. The quantitative estimate of drug-likeness (QED) is 0.567. The van der Waals surface area contributed by atoms with Gasteiger partial charge in [0, 0.05) is 25.0 Å². The zero-order chi connectivity index (χ0) is 25.7. The van der Waals surface area contributed by atoms with Crippen LogP contribution in [0.15, 0.2) is 18.2 Å². The number of nitrogens with zero attached hydrogens (tertiary/aromatic N) is 1. The topological polar surface area (TPSA) is 111 Å². The number of amides is 2. The van der Waals surface area contributed by atoms with Gasteiger partial charge in [0.15, 0.2) is 0 Å². The van der Waals surface area contributed by atoms with Crippen LogP contribution in [0, 0.1) is 23.6 Å². The molecular weight excluding hydrogens is 465 g/mol. The molecule has 4 bridgehead atoms. The van der Waals surface area contributed by atoms with Crippen molar-refractivity contribution in [3.63, 3.8) is 0 Å². The second-order valence-electron chi connectivity index (χ2n) is 12.0. The standard InChI is InChI=1S/C27H36FN3O5/c1-16(2)5-22(24(33)34)30-25(35)36-27-10-17-6-18(11-27)9-26(8-17,15-27)29-12-23(32)31-13-19-3-4-21(28)7-20(19)14-31/h3-4,7,16-18,22,29H,5-6,8-15H2,1-2H3,(H,30,35)(H,33,34)/p-1/t17?,18?,22-,26?,27?/m0/s1. The molecule has 4 saturated carbocycles. The van der Waals surface area contributed by atoms with Gasteiger partial charge in [-0.3, -0.25) is 4.79 Å². The van der Waals surface area contributed by atoms with Crippen LogP contribution in [0.3, 0.4) is 0 Å². The molecule has 5 aliphatic rings. The Kier molecular flexibility index (Phi) is 6.47. The Labute approximate surface area is 210 Å². The molecule has 36 heavy (non-hydrogen) atoms. The van der Waals surface area contributed by atoms with Crippen LogP contribution in [0.1, 0.15) is 69.9 Å². The van der Waals surface area contributed by atoms with Crippen molar-refractivity contribution in [3.05, 3.63) is 35.1 Å². The molecular formula is C27H35FN3O5-. The van der Waals surface area contributed by atoms with Crippen molar-refractivity contribution in [1.82, 2.24) is 15.5 Å². The smallest absolute Gasteiger partial charge is 0.408 e. The molecule has 4 aliphatic carbocycles. The molecule has 1 aromatic rings. The number of ether oxygens (including phenoxy) is 1. The molecule has 9 heteroatoms. The Morgan fingerprint density at radius 2 is 1.83 bits per heavy atom. The molecule has 4 fully saturated rings. The summed E-state index contributed by atoms with van der Waals surface area (Å²) in [7, 11) is 0. The van der Waals surface area contributed by atoms with E-state index in [4.69, 9.17) is 4.74 Å². The molecule has 3 atom stereocenters. The molecule has 0 spiro atoms. The third-order valence-corrected chi connectivity index (χ3v) is 8.46. The van der Waals surface area contributed by atoms with Crippen LogP contribution >= 0.6 is 0 Å². The fourth-order valence-corrected chi connectivity index (χ4v) is 7.47. The molecule has 0 radical (unpaired) electrons. The van der Waals surface area contributed by atoms with E-state index in [2.05, 4.69) is 10.6 Å². The molecule has 1 aliphatic heterocycles. The summed E-state index contributed by atoms with van der Waals surface area (Å²) >= 11 is 0. The summed E-state index contributed by atoms with van der Waals surface area (Å²) in [4.78, 5) is 39.0. The van der Waals surface area contributed by atoms with E-state index in [-0.39, 0.29) is 36.1 Å². The van der Waals surface area contributed by atoms with Gasteiger partial charge in [-0.05, 0) is 79.5 Å². The van der Waals surface area contributed by atoms with E-state index in [0.717, 1.165) is 43.2 Å². The van der Waals surface area contributed by atoms with Gasteiger partial charge in [-0.1, -0.05) is 19.9 Å². The number of rotatable bonds is 8. The van der Waals surface area contributed by atoms with Crippen LogP contribution in [0.5, 0.6) is 0 Å². The molecule has 0 aromatic heterocycles. The Morgan fingerprint density at radius 3 is 2.50 bits per heavy atom. The highest BCUT2D eigenvalue weighted by atomic mass is 19.1. The summed E-state index contributed by atoms with van der Waals surface area (Å²) in [6.45, 7) is 4.85. The van der Waals surface area contributed by atoms with Crippen molar-refractivity contribution in [1.29, 1.82) is 0 Å². The number of carboxylic acids is 1. The fraction of sp³-hybridized carbons (Fsp3) is 0.667. The first-order chi connectivity index (χ1) is 17.0. The average molecular weight is 501 g/mol. The Hall–Kier alpha value is -2.68. The highest BCUT2D eigenvalue weighted by Gasteiger charge is 2.59. The number of carbonyl (C=O) groups is 3. The number of carboxylic acid groups (broad SMARTS) is 1. The van der Waals surface area contributed by atoms with Gasteiger partial charge in [-0.15, -0.1) is 0 Å². The average Bonchev–Trinajstić information content (AvgIpc) is 3.18. The first-order valence-corrected chi connectivity index (χ1v) is 13.0. The SMILES string of the molecule is CC(C)C[C@H](NC(=O)OC12CC3CC(CC(NCC(=O)N4Cc5ccc(F)cc5C4)(C3)C1)C2)C(=O)[O-]. The summed E-state index contributed by atoms with van der Waals surface area (Å²) in [5, 5.41) is 17.5. The van der Waals surface area contributed by atoms with Crippen LogP contribution in [0.4, 0.5) is 9.18 Å². The molecule has 6 rings (SSSR count). The fourth-order valence-electron chi connectivity index (χ4n) is 7.47. The third kappa shape index (κ3) is 5.08. The summed E-state index contributed by atoms with van der Waals surface area (Å²) < 4.78 is 19.6. The van der Waals surface area contributed by atoms with Gasteiger partial charge in [0.1, 0.15) is 11.4 Å². The van der Waals surface area contributed by atoms with Crippen LogP contribution in [0.2, 0.25) is 0 Å². The van der Waals surface area contributed by atoms with E-state index in [1.807, 2.05) is 13.8 Å². The van der Waals surface area contributed by atoms with E-state index in [1.54, 1.807) is 11.0 Å². The minimum atomic E-state index is -1.31. The molecule has 0 saturated heterocycles. The number of hydrogen-bond donors (Lipinski definition) is 2. The maximum atomic E-state index is 13.6. The van der Waals surface area contributed by atoms with Crippen LogP contribution in [-0.2, 0) is 27.4 Å². The summed E-state index contributed by atoms with van der Waals surface area (Å²) in [5.41, 5.74) is 0.888. The predicted octanol–water partition coefficient (Wildman–Crippen LogP) is 2.24. The lowest BCUT2D eigenvalue weighted by Crippen LogP contribution is -2.66. The number of carbonyl (C=O) groups excluding carboxylic acids is 3. The molecule has 2 N–H and O–H groups in total. The van der Waals surface area contributed by atoms with Gasteiger partial charge in [-0.2, -0.15) is 0 Å². The second kappa shape index (κ2) is 9.32. The highest BCUT2D eigenvalue weighted by molar-refractivity contribution is 5.79. The first-order valence-electron chi connectivity index (χ1n) is 13.0. The van der Waals surface area contributed by atoms with Crippen molar-refractivity contribution in [2.75, 3.05) is 6.54 Å². The monoisotopic (exact) mass is 500 g/mol. The predicted molar refractivity (Wildman–Crippen MR) is 127 cm³/mol. The van der Waals surface area contributed by atoms with Crippen LogP contribution in [-0.4, -0.2) is 46.6 Å². The minimum absolute atomic E-state index is 0.0273. The molecule has 1 aromatic carbocycles. The van der Waals surface area contributed by atoms with Crippen LogP contribution < -0.4 is 15.7 Å². The van der Waals surface area contributed by atoms with Gasteiger partial charge >= 0.3 is 6.09 Å². The number of nitrogens with one attached hydrogen (secondary N) is 2. The van der Waals surface area contributed by atoms with E-state index in [9.17, 15) is 23.9 Å². The van der Waals surface area contributed by atoms with E-state index in [1.165, 1.54) is 12.1 Å².